The number of anilines is 2. The predicted molar refractivity (Wildman–Crippen MR) is 132 cm³/mol. The van der Waals surface area contributed by atoms with E-state index in [-0.39, 0.29) is 40.4 Å². The maximum absolute atomic E-state index is 13.4. The van der Waals surface area contributed by atoms with Crippen molar-refractivity contribution in [1.82, 2.24) is 4.90 Å². The average Bonchev–Trinajstić information content (AvgIpc) is 2.87. The van der Waals surface area contributed by atoms with Crippen molar-refractivity contribution in [3.8, 4) is 6.07 Å². The lowest BCUT2D eigenvalue weighted by molar-refractivity contribution is -0.138. The number of carbonyl (C=O) groups excluding carboxylic acids is 3. The van der Waals surface area contributed by atoms with Crippen LogP contribution >= 0.6 is 0 Å². The number of esters is 1. The molecule has 0 saturated heterocycles. The lowest BCUT2D eigenvalue weighted by Gasteiger charge is -2.43. The first kappa shape index (κ1) is 28.5. The van der Waals surface area contributed by atoms with Gasteiger partial charge in [0.2, 0.25) is 5.96 Å². The number of hydrogen-bond donors (Lipinski definition) is 3. The first-order valence-electron chi connectivity index (χ1n) is 11.3. The van der Waals surface area contributed by atoms with Crippen LogP contribution in [0.25, 0.3) is 0 Å². The molecule has 0 unspecified atom stereocenters. The van der Waals surface area contributed by atoms with E-state index < -0.39 is 41.8 Å². The molecule has 1 heterocycles. The fourth-order valence-corrected chi connectivity index (χ4v) is 4.12. The molecule has 2 aromatic carbocycles. The number of nitrogens with one attached hydrogen (secondary N) is 2. The Morgan fingerprint density at radius 3 is 2.46 bits per heavy atom. The maximum atomic E-state index is 13.4. The van der Waals surface area contributed by atoms with Gasteiger partial charge in [-0.15, -0.1) is 0 Å². The molecule has 204 valence electrons. The molecule has 1 aliphatic rings. The van der Waals surface area contributed by atoms with Gasteiger partial charge in [-0.25, -0.2) is 14.4 Å². The number of methoxy groups -OCH3 is 1. The summed E-state index contributed by atoms with van der Waals surface area (Å²) in [5.41, 5.74) is 4.23. The van der Waals surface area contributed by atoms with E-state index in [9.17, 15) is 32.8 Å². The number of halogens is 3. The number of urea groups is 1. The van der Waals surface area contributed by atoms with E-state index in [1.54, 1.807) is 6.92 Å². The van der Waals surface area contributed by atoms with Crippen LogP contribution in [-0.2, 0) is 20.4 Å². The second kappa shape index (κ2) is 11.1. The summed E-state index contributed by atoms with van der Waals surface area (Å²) < 4.78 is 50.1. The summed E-state index contributed by atoms with van der Waals surface area (Å²) in [6.45, 7) is 2.93. The van der Waals surface area contributed by atoms with E-state index in [0.717, 1.165) is 30.2 Å². The smallest absolute Gasteiger partial charge is 0.416 e. The Bertz CT molecular complexity index is 1420. The molecular formula is C25H23F3N6O5. The van der Waals surface area contributed by atoms with Gasteiger partial charge in [-0.05, 0) is 44.2 Å². The van der Waals surface area contributed by atoms with Crippen LogP contribution in [0.1, 0.15) is 36.6 Å². The van der Waals surface area contributed by atoms with Crippen LogP contribution in [0.2, 0.25) is 0 Å². The van der Waals surface area contributed by atoms with Crippen molar-refractivity contribution in [3.05, 3.63) is 70.4 Å². The number of nitriles is 1. The Morgan fingerprint density at radius 1 is 1.21 bits per heavy atom. The van der Waals surface area contributed by atoms with Crippen molar-refractivity contribution in [2.45, 2.75) is 26.1 Å². The Morgan fingerprint density at radius 2 is 1.90 bits per heavy atom. The zero-order valence-corrected chi connectivity index (χ0v) is 20.9. The molecule has 0 radical (unpaired) electrons. The number of ether oxygens (including phenoxy) is 2. The number of amides is 3. The summed E-state index contributed by atoms with van der Waals surface area (Å²) in [6, 6.07) is 7.09. The van der Waals surface area contributed by atoms with Crippen molar-refractivity contribution >= 4 is 35.4 Å². The highest BCUT2D eigenvalue weighted by Gasteiger charge is 2.45. The number of hydrogen-bond acceptors (Lipinski definition) is 7. The molecule has 2 aromatic rings. The van der Waals surface area contributed by atoms with Gasteiger partial charge >= 0.3 is 24.3 Å². The zero-order chi connectivity index (χ0) is 29.1. The summed E-state index contributed by atoms with van der Waals surface area (Å²) in [7, 11) is 1.05. The van der Waals surface area contributed by atoms with Crippen molar-refractivity contribution in [2.24, 2.45) is 5.73 Å². The molecule has 1 atom stereocenters. The number of nitrogens with zero attached hydrogens (tertiary/aromatic N) is 3. The maximum Gasteiger partial charge on any atom is 0.416 e. The van der Waals surface area contributed by atoms with Crippen LogP contribution in [0.4, 0.5) is 34.1 Å². The summed E-state index contributed by atoms with van der Waals surface area (Å²) in [5, 5.41) is 20.6. The number of carbonyl (C=O) groups is 3. The lowest BCUT2D eigenvalue weighted by atomic mass is 9.91. The molecule has 14 heteroatoms. The summed E-state index contributed by atoms with van der Waals surface area (Å²) in [4.78, 5) is 39.7. The van der Waals surface area contributed by atoms with Crippen molar-refractivity contribution in [2.75, 3.05) is 23.9 Å². The lowest BCUT2D eigenvalue weighted by Crippen LogP contribution is -2.55. The second-order valence-corrected chi connectivity index (χ2v) is 8.07. The monoisotopic (exact) mass is 544 g/mol. The third-order valence-corrected chi connectivity index (χ3v) is 5.76. The molecule has 0 aliphatic carbocycles. The molecule has 39 heavy (non-hydrogen) atoms. The average molecular weight is 544 g/mol. The number of rotatable bonds is 5. The topological polar surface area (TPSA) is 162 Å². The van der Waals surface area contributed by atoms with Gasteiger partial charge in [-0.1, -0.05) is 12.1 Å². The third kappa shape index (κ3) is 5.61. The summed E-state index contributed by atoms with van der Waals surface area (Å²) >= 11 is 0. The Kier molecular flexibility index (Phi) is 8.14. The van der Waals surface area contributed by atoms with Gasteiger partial charge in [0.25, 0.3) is 0 Å². The normalized spacial score (nSPS) is 15.5. The molecule has 0 fully saturated rings. The second-order valence-electron chi connectivity index (χ2n) is 8.07. The van der Waals surface area contributed by atoms with Gasteiger partial charge in [-0.2, -0.15) is 18.4 Å². The molecule has 3 rings (SSSR count). The summed E-state index contributed by atoms with van der Waals surface area (Å²) in [5.74, 6) is -1.66. The predicted octanol–water partition coefficient (Wildman–Crippen LogP) is 4.47. The molecule has 3 amide bonds. The van der Waals surface area contributed by atoms with Gasteiger partial charge in [0.15, 0.2) is 0 Å². The number of guanidine groups is 1. The van der Waals surface area contributed by atoms with Gasteiger partial charge < -0.3 is 15.2 Å². The van der Waals surface area contributed by atoms with Crippen molar-refractivity contribution in [1.29, 1.82) is 10.7 Å². The van der Waals surface area contributed by atoms with Crippen LogP contribution < -0.4 is 16.0 Å². The molecule has 4 N–H and O–H groups in total. The van der Waals surface area contributed by atoms with E-state index in [0.29, 0.717) is 4.90 Å². The molecule has 0 aromatic heterocycles. The highest BCUT2D eigenvalue weighted by Crippen LogP contribution is 2.43. The quantitative estimate of drug-likeness (QED) is 0.468. The van der Waals surface area contributed by atoms with E-state index in [2.05, 4.69) is 5.32 Å². The van der Waals surface area contributed by atoms with E-state index in [1.165, 1.54) is 31.2 Å². The molecular weight excluding hydrogens is 521 g/mol. The van der Waals surface area contributed by atoms with Crippen LogP contribution in [0, 0.1) is 16.7 Å². The Labute approximate surface area is 220 Å². The molecule has 0 saturated carbocycles. The van der Waals surface area contributed by atoms with Gasteiger partial charge in [-0.3, -0.25) is 20.5 Å². The minimum atomic E-state index is -4.71. The highest BCUT2D eigenvalue weighted by molar-refractivity contribution is 6.10. The highest BCUT2D eigenvalue weighted by atomic mass is 19.4. The molecule has 0 spiro atoms. The molecule has 0 bridgehead atoms. The number of nitrogens with two attached hydrogens (primary N) is 1. The van der Waals surface area contributed by atoms with E-state index in [1.807, 2.05) is 6.07 Å². The Hall–Kier alpha value is -5.06. The fraction of sp³-hybridized carbons (Fsp3) is 0.240. The van der Waals surface area contributed by atoms with E-state index in [4.69, 9.17) is 20.6 Å². The fourth-order valence-electron chi connectivity index (χ4n) is 4.12. The zero-order valence-electron chi connectivity index (χ0n) is 20.9. The van der Waals surface area contributed by atoms with Gasteiger partial charge in [0.1, 0.15) is 6.04 Å². The SMILES string of the molecule is CCOC(=O)Nc1cc(C#N)ccc1[C@@H]1C(C(=O)OC)=C(C)N(c2cccc(C(F)(F)F)c2)C(=N)N1C(N)=O. The van der Waals surface area contributed by atoms with Gasteiger partial charge in [0, 0.05) is 16.9 Å². The van der Waals surface area contributed by atoms with E-state index >= 15 is 0 Å². The minimum Gasteiger partial charge on any atom is -0.466 e. The minimum absolute atomic E-state index is 0.0129. The van der Waals surface area contributed by atoms with Crippen molar-refractivity contribution in [3.63, 3.8) is 0 Å². The standard InChI is InChI=1S/C25H23F3N6O5/c1-4-39-24(37)32-18-10-14(12-29)8-9-17(18)20-19(21(35)38-3)13(2)33(22(30)34(20)23(31)36)16-7-5-6-15(11-16)25(26,27)28/h5-11,20,30H,4H2,1-3H3,(H2,31,36)(H,32,37)/t20-/m1/s1. The number of primary amides is 1. The largest absolute Gasteiger partial charge is 0.466 e. The molecule has 11 nitrogen and oxygen atoms in total. The number of benzene rings is 2. The number of allylic oxidation sites excluding steroid dienone is 1. The van der Waals surface area contributed by atoms with Crippen LogP contribution in [0.15, 0.2) is 53.7 Å². The van der Waals surface area contributed by atoms with Gasteiger partial charge in [0.05, 0.1) is 42.2 Å². The first-order valence-corrected chi connectivity index (χ1v) is 11.3. The van der Waals surface area contributed by atoms with Crippen LogP contribution in [0.3, 0.4) is 0 Å². The van der Waals surface area contributed by atoms with Crippen LogP contribution in [0.5, 0.6) is 0 Å². The third-order valence-electron chi connectivity index (χ3n) is 5.76. The number of alkyl halides is 3. The Balaban J connectivity index is 2.34. The molecule has 1 aliphatic heterocycles. The summed E-state index contributed by atoms with van der Waals surface area (Å²) in [6.07, 6.45) is -5.62. The first-order chi connectivity index (χ1) is 18.3. The van der Waals surface area contributed by atoms with Crippen molar-refractivity contribution < 1.29 is 37.0 Å². The van der Waals surface area contributed by atoms with Crippen LogP contribution in [-0.4, -0.2) is 42.7 Å².